The fourth-order valence-electron chi connectivity index (χ4n) is 4.98. The third kappa shape index (κ3) is 8.38. The summed E-state index contributed by atoms with van der Waals surface area (Å²) in [4.78, 5) is 57.8. The number of hydrazine groups is 3. The fourth-order valence-corrected chi connectivity index (χ4v) is 4.98. The van der Waals surface area contributed by atoms with Gasteiger partial charge in [-0.3, -0.25) is 19.4 Å². The van der Waals surface area contributed by atoms with Gasteiger partial charge in [0.15, 0.2) is 17.3 Å². The van der Waals surface area contributed by atoms with Crippen molar-refractivity contribution in [3.63, 3.8) is 0 Å². The Bertz CT molecular complexity index is 1620. The Kier molecular flexibility index (Phi) is 12.5. The van der Waals surface area contributed by atoms with Crippen LogP contribution in [0.3, 0.4) is 0 Å². The number of urea groups is 1. The van der Waals surface area contributed by atoms with Crippen LogP contribution in [-0.4, -0.2) is 55.5 Å². The molecule has 1 atom stereocenters. The minimum absolute atomic E-state index is 0.141. The van der Waals surface area contributed by atoms with Crippen LogP contribution in [0.1, 0.15) is 50.3 Å². The smallest absolute Gasteiger partial charge is 0.357 e. The lowest BCUT2D eigenvalue weighted by atomic mass is 9.92. The molecule has 0 unspecified atom stereocenters. The van der Waals surface area contributed by atoms with Crippen molar-refractivity contribution in [3.8, 4) is 11.5 Å². The number of aryl methyl sites for hydroxylation is 1. The van der Waals surface area contributed by atoms with Gasteiger partial charge in [-0.05, 0) is 74.4 Å². The molecule has 0 aromatic heterocycles. The molecule has 0 bridgehead atoms. The Morgan fingerprint density at radius 3 is 2.00 bits per heavy atom. The third-order valence-corrected chi connectivity index (χ3v) is 8.30. The number of hydrogen-bond acceptors (Lipinski definition) is 12. The molecule has 3 aromatic carbocycles. The topological polar surface area (TPSA) is 213 Å². The van der Waals surface area contributed by atoms with E-state index < -0.39 is 29.5 Å². The van der Waals surface area contributed by atoms with Crippen molar-refractivity contribution in [3.05, 3.63) is 77.9 Å². The van der Waals surface area contributed by atoms with Crippen molar-refractivity contribution in [2.24, 2.45) is 23.4 Å². The summed E-state index contributed by atoms with van der Waals surface area (Å²) in [5.41, 5.74) is 1.77. The number of amides is 3. The van der Waals surface area contributed by atoms with Crippen molar-refractivity contribution < 1.29 is 33.5 Å². The quantitative estimate of drug-likeness (QED) is 0.111. The monoisotopic (exact) mass is 664 g/mol. The normalized spacial score (nSPS) is 11.6. The third-order valence-electron chi connectivity index (χ3n) is 8.30. The summed E-state index contributed by atoms with van der Waals surface area (Å²) in [5, 5.41) is 2.79. The highest BCUT2D eigenvalue weighted by molar-refractivity contribution is 6.02. The Hall–Kier alpha value is -5.22. The SMILES string of the molecule is COc1ccc([C@H](CC(=O)ON)N(N)C(=O)CCC(=O)C(C)(C)N(C)c2ccc(N(N)C(=O)N(N)c3ccccc3C)cc2)cc1OC. The van der Waals surface area contributed by atoms with Gasteiger partial charge in [-0.25, -0.2) is 32.3 Å². The number of methoxy groups -OCH3 is 2. The largest absolute Gasteiger partial charge is 0.493 e. The second-order valence-corrected chi connectivity index (χ2v) is 11.5. The van der Waals surface area contributed by atoms with Crippen LogP contribution in [0, 0.1) is 6.92 Å². The van der Waals surface area contributed by atoms with Crippen molar-refractivity contribution in [1.29, 1.82) is 0 Å². The van der Waals surface area contributed by atoms with Crippen LogP contribution < -0.4 is 47.8 Å². The van der Waals surface area contributed by atoms with Gasteiger partial charge < -0.3 is 19.2 Å². The highest BCUT2D eigenvalue weighted by Crippen LogP contribution is 2.33. The standard InChI is InChI=1S/C33H44N8O7/c1-21-9-7-8-10-25(21)41(36)32(45)39(34)24-14-12-23(13-15-24)38(4)33(2,3)29(42)17-18-30(43)40(35)26(20-31(44)48-37)22-11-16-27(46-5)28(19-22)47-6/h7-16,19,26H,17-18,20,34-37H2,1-6H3/t26-/m0/s1. The van der Waals surface area contributed by atoms with Gasteiger partial charge in [-0.1, -0.05) is 24.3 Å². The molecule has 3 aromatic rings. The van der Waals surface area contributed by atoms with Crippen molar-refractivity contribution in [2.45, 2.75) is 51.6 Å². The molecule has 258 valence electrons. The molecule has 15 nitrogen and oxygen atoms in total. The first-order chi connectivity index (χ1) is 22.7. The molecular weight excluding hydrogens is 620 g/mol. The van der Waals surface area contributed by atoms with Gasteiger partial charge in [0.1, 0.15) is 0 Å². The number of carbonyl (C=O) groups excluding carboxylic acids is 4. The highest BCUT2D eigenvalue weighted by Gasteiger charge is 2.34. The molecule has 0 aliphatic carbocycles. The van der Waals surface area contributed by atoms with E-state index in [1.807, 2.05) is 19.1 Å². The van der Waals surface area contributed by atoms with Crippen LogP contribution in [0.25, 0.3) is 0 Å². The molecule has 15 heteroatoms. The average molecular weight is 665 g/mol. The second-order valence-electron chi connectivity index (χ2n) is 11.5. The number of hydrogen-bond donors (Lipinski definition) is 4. The minimum Gasteiger partial charge on any atom is -0.493 e. The summed E-state index contributed by atoms with van der Waals surface area (Å²) in [7, 11) is 4.66. The first-order valence-electron chi connectivity index (χ1n) is 14.9. The van der Waals surface area contributed by atoms with Gasteiger partial charge in [0.25, 0.3) is 0 Å². The number of ether oxygens (including phenoxy) is 2. The van der Waals surface area contributed by atoms with Gasteiger partial charge >= 0.3 is 12.0 Å². The number of nitrogens with zero attached hydrogens (tertiary/aromatic N) is 4. The Labute approximate surface area is 279 Å². The van der Waals surface area contributed by atoms with Crippen LogP contribution in [0.15, 0.2) is 66.7 Å². The number of rotatable bonds is 14. The molecule has 48 heavy (non-hydrogen) atoms. The van der Waals surface area contributed by atoms with Crippen molar-refractivity contribution >= 4 is 40.8 Å². The summed E-state index contributed by atoms with van der Waals surface area (Å²) < 4.78 is 10.6. The number of carbonyl (C=O) groups is 4. The summed E-state index contributed by atoms with van der Waals surface area (Å²) in [5.74, 6) is 22.6. The molecule has 0 saturated heterocycles. The van der Waals surface area contributed by atoms with Crippen LogP contribution in [-0.2, 0) is 19.2 Å². The summed E-state index contributed by atoms with van der Waals surface area (Å²) in [6.07, 6.45) is -0.709. The Morgan fingerprint density at radius 1 is 0.812 bits per heavy atom. The first-order valence-corrected chi connectivity index (χ1v) is 14.9. The minimum atomic E-state index is -1.05. The lowest BCUT2D eigenvalue weighted by Gasteiger charge is -2.36. The molecule has 0 radical (unpaired) electrons. The zero-order valence-electron chi connectivity index (χ0n) is 28.0. The molecule has 0 saturated carbocycles. The van der Waals surface area contributed by atoms with E-state index in [1.165, 1.54) is 14.2 Å². The Morgan fingerprint density at radius 2 is 1.42 bits per heavy atom. The van der Waals surface area contributed by atoms with Crippen molar-refractivity contribution in [2.75, 3.05) is 36.2 Å². The van der Waals surface area contributed by atoms with Crippen LogP contribution in [0.2, 0.25) is 0 Å². The lowest BCUT2D eigenvalue weighted by Crippen LogP contribution is -2.51. The van der Waals surface area contributed by atoms with E-state index in [0.29, 0.717) is 34.1 Å². The summed E-state index contributed by atoms with van der Waals surface area (Å²) >= 11 is 0. The maximum atomic E-state index is 13.5. The number of para-hydroxylation sites is 1. The van der Waals surface area contributed by atoms with Gasteiger partial charge in [0.05, 0.1) is 43.6 Å². The van der Waals surface area contributed by atoms with E-state index in [9.17, 15) is 19.2 Å². The zero-order chi connectivity index (χ0) is 35.8. The number of nitrogens with two attached hydrogens (primary N) is 4. The van der Waals surface area contributed by atoms with E-state index in [2.05, 4.69) is 4.84 Å². The predicted octanol–water partition coefficient (Wildman–Crippen LogP) is 3.01. The summed E-state index contributed by atoms with van der Waals surface area (Å²) in [6, 6.07) is 17.1. The predicted molar refractivity (Wildman–Crippen MR) is 181 cm³/mol. The maximum Gasteiger partial charge on any atom is 0.357 e. The maximum absolute atomic E-state index is 13.5. The van der Waals surface area contributed by atoms with Gasteiger partial charge in [-0.15, -0.1) is 0 Å². The summed E-state index contributed by atoms with van der Waals surface area (Å²) in [6.45, 7) is 5.28. The molecule has 0 fully saturated rings. The number of ketones is 1. The molecule has 8 N–H and O–H groups in total. The van der Waals surface area contributed by atoms with Gasteiger partial charge in [0, 0.05) is 25.6 Å². The van der Waals surface area contributed by atoms with E-state index in [-0.39, 0.29) is 25.0 Å². The molecule has 0 aliphatic rings. The second kappa shape index (κ2) is 16.1. The number of anilines is 3. The van der Waals surface area contributed by atoms with Gasteiger partial charge in [-0.2, -0.15) is 5.90 Å². The zero-order valence-corrected chi connectivity index (χ0v) is 28.0. The molecular formula is C33H44N8O7. The molecule has 0 spiro atoms. The van der Waals surface area contributed by atoms with E-state index in [1.54, 1.807) is 80.4 Å². The molecule has 3 rings (SSSR count). The van der Waals surface area contributed by atoms with Crippen molar-refractivity contribution in [1.82, 2.24) is 5.01 Å². The van der Waals surface area contributed by atoms with E-state index in [4.69, 9.17) is 32.9 Å². The number of Topliss-reactive ketones (excluding diaryl/α,β-unsaturated/α-hetero) is 1. The molecule has 0 heterocycles. The lowest BCUT2D eigenvalue weighted by molar-refractivity contribution is -0.147. The van der Waals surface area contributed by atoms with Crippen LogP contribution in [0.5, 0.6) is 11.5 Å². The average Bonchev–Trinajstić information content (AvgIpc) is 3.10. The number of likely N-dealkylation sites (N-methyl/N-ethyl adjacent to an activating group) is 1. The van der Waals surface area contributed by atoms with Crippen LogP contribution >= 0.6 is 0 Å². The fraction of sp³-hybridized carbons (Fsp3) is 0.333. The highest BCUT2D eigenvalue weighted by atomic mass is 16.7. The molecule has 0 aliphatic heterocycles. The van der Waals surface area contributed by atoms with E-state index in [0.717, 1.165) is 20.6 Å². The van der Waals surface area contributed by atoms with Gasteiger partial charge in [0.2, 0.25) is 5.91 Å². The van der Waals surface area contributed by atoms with E-state index >= 15 is 0 Å². The van der Waals surface area contributed by atoms with Crippen LogP contribution in [0.4, 0.5) is 21.9 Å². The number of benzene rings is 3. The first kappa shape index (κ1) is 37.2. The molecule has 3 amide bonds. The Balaban J connectivity index is 1.69.